The van der Waals surface area contributed by atoms with Crippen LogP contribution in [0.15, 0.2) is 60.7 Å². The van der Waals surface area contributed by atoms with Crippen molar-refractivity contribution in [1.29, 1.82) is 0 Å². The highest BCUT2D eigenvalue weighted by atomic mass is 16.5. The molecule has 0 radical (unpaired) electrons. The smallest absolute Gasteiger partial charge is 0.196 e. The molecular weight excluding hydrogens is 240 g/mol. The molecule has 0 aliphatic heterocycles. The van der Waals surface area contributed by atoms with Crippen molar-refractivity contribution in [2.75, 3.05) is 13.2 Å². The molecule has 0 fully saturated rings. The molecule has 3 heteroatoms. The topological polar surface area (TPSA) is 46.5 Å². The highest BCUT2D eigenvalue weighted by Crippen LogP contribution is 2.22. The Morgan fingerprint density at radius 3 is 2.16 bits per heavy atom. The van der Waals surface area contributed by atoms with E-state index in [1.807, 2.05) is 48.5 Å². The van der Waals surface area contributed by atoms with Crippen molar-refractivity contribution in [1.82, 2.24) is 0 Å². The van der Waals surface area contributed by atoms with Crippen LogP contribution in [0.2, 0.25) is 0 Å². The lowest BCUT2D eigenvalue weighted by Gasteiger charge is -2.16. The van der Waals surface area contributed by atoms with Crippen molar-refractivity contribution >= 4 is 5.78 Å². The van der Waals surface area contributed by atoms with Gasteiger partial charge in [-0.25, -0.2) is 0 Å². The van der Waals surface area contributed by atoms with Crippen LogP contribution < -0.4 is 0 Å². The second-order valence-corrected chi connectivity index (χ2v) is 4.12. The molecule has 0 amide bonds. The Bertz CT molecular complexity index is 508. The predicted octanol–water partition coefficient (Wildman–Crippen LogP) is 2.62. The van der Waals surface area contributed by atoms with Gasteiger partial charge in [0.2, 0.25) is 0 Å². The molecule has 0 saturated heterocycles. The second kappa shape index (κ2) is 6.83. The van der Waals surface area contributed by atoms with Crippen LogP contribution in [0.1, 0.15) is 22.0 Å². The molecule has 1 N–H and O–H groups in total. The van der Waals surface area contributed by atoms with E-state index in [0.29, 0.717) is 5.56 Å². The number of aliphatic hydroxyl groups excluding tert-OH is 1. The van der Waals surface area contributed by atoms with Crippen molar-refractivity contribution in [3.63, 3.8) is 0 Å². The van der Waals surface area contributed by atoms with Crippen LogP contribution in [0, 0.1) is 0 Å². The minimum Gasteiger partial charge on any atom is -0.394 e. The Morgan fingerprint density at radius 1 is 1.00 bits per heavy atom. The van der Waals surface area contributed by atoms with Crippen LogP contribution in [0.5, 0.6) is 0 Å². The number of carbonyl (C=O) groups excluding carboxylic acids is 1. The average molecular weight is 256 g/mol. The maximum absolute atomic E-state index is 12.4. The van der Waals surface area contributed by atoms with Gasteiger partial charge in [0, 0.05) is 5.56 Å². The van der Waals surface area contributed by atoms with Crippen molar-refractivity contribution in [3.05, 3.63) is 71.8 Å². The van der Waals surface area contributed by atoms with Gasteiger partial charge < -0.3 is 9.84 Å². The standard InChI is InChI=1S/C16H16O3/c17-11-12-19-16(14-9-5-2-6-10-14)15(18)13-7-3-1-4-8-13/h1-10,16-17H,11-12H2. The Kier molecular flexibility index (Phi) is 4.84. The van der Waals surface area contributed by atoms with Crippen LogP contribution in [0.4, 0.5) is 0 Å². The van der Waals surface area contributed by atoms with E-state index in [1.165, 1.54) is 0 Å². The Hall–Kier alpha value is -1.97. The average Bonchev–Trinajstić information content (AvgIpc) is 2.49. The third-order valence-corrected chi connectivity index (χ3v) is 2.77. The molecule has 0 aliphatic rings. The largest absolute Gasteiger partial charge is 0.394 e. The molecular formula is C16H16O3. The summed E-state index contributed by atoms with van der Waals surface area (Å²) in [6, 6.07) is 18.4. The zero-order chi connectivity index (χ0) is 13.5. The fourth-order valence-corrected chi connectivity index (χ4v) is 1.88. The fourth-order valence-electron chi connectivity index (χ4n) is 1.88. The normalized spacial score (nSPS) is 12.1. The molecule has 98 valence electrons. The van der Waals surface area contributed by atoms with Crippen molar-refractivity contribution in [2.45, 2.75) is 6.10 Å². The van der Waals surface area contributed by atoms with Crippen molar-refractivity contribution in [2.24, 2.45) is 0 Å². The molecule has 2 aromatic carbocycles. The van der Waals surface area contributed by atoms with Gasteiger partial charge in [-0.2, -0.15) is 0 Å². The quantitative estimate of drug-likeness (QED) is 0.808. The predicted molar refractivity (Wildman–Crippen MR) is 73.0 cm³/mol. The van der Waals surface area contributed by atoms with E-state index in [9.17, 15) is 4.79 Å². The minimum absolute atomic E-state index is 0.0970. The first-order valence-corrected chi connectivity index (χ1v) is 6.19. The number of aliphatic hydroxyl groups is 1. The number of hydrogen-bond donors (Lipinski definition) is 1. The van der Waals surface area contributed by atoms with E-state index < -0.39 is 6.10 Å². The first-order chi connectivity index (χ1) is 9.33. The molecule has 0 aliphatic carbocycles. The van der Waals surface area contributed by atoms with Crippen LogP contribution in [0.25, 0.3) is 0 Å². The molecule has 19 heavy (non-hydrogen) atoms. The van der Waals surface area contributed by atoms with E-state index in [2.05, 4.69) is 0 Å². The van der Waals surface area contributed by atoms with Crippen LogP contribution in [0.3, 0.4) is 0 Å². The highest BCUT2D eigenvalue weighted by Gasteiger charge is 2.22. The maximum Gasteiger partial charge on any atom is 0.196 e. The van der Waals surface area contributed by atoms with E-state index in [-0.39, 0.29) is 19.0 Å². The van der Waals surface area contributed by atoms with Gasteiger partial charge in [-0.05, 0) is 5.56 Å². The number of ketones is 1. The minimum atomic E-state index is -0.671. The lowest BCUT2D eigenvalue weighted by Crippen LogP contribution is -2.18. The van der Waals surface area contributed by atoms with Gasteiger partial charge in [0.15, 0.2) is 5.78 Å². The molecule has 1 atom stereocenters. The second-order valence-electron chi connectivity index (χ2n) is 4.12. The lowest BCUT2D eigenvalue weighted by atomic mass is 10.00. The first kappa shape index (κ1) is 13.5. The van der Waals surface area contributed by atoms with E-state index in [0.717, 1.165) is 5.56 Å². The highest BCUT2D eigenvalue weighted by molar-refractivity contribution is 6.00. The summed E-state index contributed by atoms with van der Waals surface area (Å²) >= 11 is 0. The summed E-state index contributed by atoms with van der Waals surface area (Å²) in [7, 11) is 0. The molecule has 2 rings (SSSR count). The Balaban J connectivity index is 2.25. The summed E-state index contributed by atoms with van der Waals surface area (Å²) in [5, 5.41) is 8.88. The monoisotopic (exact) mass is 256 g/mol. The van der Waals surface area contributed by atoms with E-state index in [4.69, 9.17) is 9.84 Å². The molecule has 0 aromatic heterocycles. The van der Waals surface area contributed by atoms with Crippen LogP contribution in [-0.4, -0.2) is 24.1 Å². The summed E-state index contributed by atoms with van der Waals surface area (Å²) in [5.41, 5.74) is 1.40. The van der Waals surface area contributed by atoms with Crippen LogP contribution in [-0.2, 0) is 4.74 Å². The zero-order valence-electron chi connectivity index (χ0n) is 10.5. The number of benzene rings is 2. The molecule has 0 heterocycles. The van der Waals surface area contributed by atoms with E-state index >= 15 is 0 Å². The number of ether oxygens (including phenoxy) is 1. The molecule has 0 saturated carbocycles. The first-order valence-electron chi connectivity index (χ1n) is 6.19. The molecule has 0 spiro atoms. The van der Waals surface area contributed by atoms with Crippen molar-refractivity contribution < 1.29 is 14.6 Å². The molecule has 3 nitrogen and oxygen atoms in total. The maximum atomic E-state index is 12.4. The van der Waals surface area contributed by atoms with Gasteiger partial charge in [0.05, 0.1) is 13.2 Å². The summed E-state index contributed by atoms with van der Waals surface area (Å²) < 4.78 is 5.49. The summed E-state index contributed by atoms with van der Waals surface area (Å²) in [6.45, 7) is 0.0313. The summed E-state index contributed by atoms with van der Waals surface area (Å²) in [6.07, 6.45) is -0.671. The van der Waals surface area contributed by atoms with E-state index in [1.54, 1.807) is 12.1 Å². The Labute approximate surface area is 112 Å². The van der Waals surface area contributed by atoms with Gasteiger partial charge in [-0.3, -0.25) is 4.79 Å². The molecule has 1 unspecified atom stereocenters. The molecule has 2 aromatic rings. The van der Waals surface area contributed by atoms with Gasteiger partial charge in [0.25, 0.3) is 0 Å². The van der Waals surface area contributed by atoms with Crippen LogP contribution >= 0.6 is 0 Å². The third-order valence-electron chi connectivity index (χ3n) is 2.77. The SMILES string of the molecule is O=C(c1ccccc1)C(OCCO)c1ccccc1. The van der Waals surface area contributed by atoms with Gasteiger partial charge in [-0.15, -0.1) is 0 Å². The van der Waals surface area contributed by atoms with Gasteiger partial charge in [0.1, 0.15) is 6.10 Å². The Morgan fingerprint density at radius 2 is 1.58 bits per heavy atom. The number of Topliss-reactive ketones (excluding diaryl/α,β-unsaturated/α-hetero) is 1. The lowest BCUT2D eigenvalue weighted by molar-refractivity contribution is 0.0265. The summed E-state index contributed by atoms with van der Waals surface area (Å²) in [4.78, 5) is 12.4. The van der Waals surface area contributed by atoms with Crippen molar-refractivity contribution in [3.8, 4) is 0 Å². The number of carbonyl (C=O) groups is 1. The fraction of sp³-hybridized carbons (Fsp3) is 0.188. The zero-order valence-corrected chi connectivity index (χ0v) is 10.5. The number of rotatable bonds is 6. The third kappa shape index (κ3) is 3.50. The molecule has 0 bridgehead atoms. The number of hydrogen-bond acceptors (Lipinski definition) is 3. The van der Waals surface area contributed by atoms with Gasteiger partial charge >= 0.3 is 0 Å². The van der Waals surface area contributed by atoms with Gasteiger partial charge in [-0.1, -0.05) is 60.7 Å². The summed E-state index contributed by atoms with van der Waals surface area (Å²) in [5.74, 6) is -0.0970.